The van der Waals surface area contributed by atoms with Gasteiger partial charge >= 0.3 is 12.1 Å². The zero-order valence-corrected chi connectivity index (χ0v) is 19.8. The lowest BCUT2D eigenvalue weighted by atomic mass is 10.00. The van der Waals surface area contributed by atoms with Gasteiger partial charge in [-0.25, -0.2) is 4.98 Å². The summed E-state index contributed by atoms with van der Waals surface area (Å²) in [6, 6.07) is 5.58. The predicted octanol–water partition coefficient (Wildman–Crippen LogP) is 3.15. The number of nitrogens with two attached hydrogens (primary N) is 2. The number of primary amides is 1. The Morgan fingerprint density at radius 2 is 1.92 bits per heavy atom. The Morgan fingerprint density at radius 1 is 1.25 bits per heavy atom. The largest absolute Gasteiger partial charge is 0.460 e. The molecule has 1 aliphatic rings. The van der Waals surface area contributed by atoms with Gasteiger partial charge in [0.2, 0.25) is 5.91 Å². The monoisotopic (exact) mass is 503 g/mol. The second-order valence-electron chi connectivity index (χ2n) is 9.28. The minimum absolute atomic E-state index is 0.0397. The van der Waals surface area contributed by atoms with Crippen molar-refractivity contribution < 1.29 is 32.3 Å². The minimum atomic E-state index is -4.78. The van der Waals surface area contributed by atoms with Gasteiger partial charge in [0.1, 0.15) is 23.5 Å². The molecule has 0 unspecified atom stereocenters. The van der Waals surface area contributed by atoms with Crippen LogP contribution in [-0.2, 0) is 27.0 Å². The number of rotatable bonds is 6. The molecule has 36 heavy (non-hydrogen) atoms. The summed E-state index contributed by atoms with van der Waals surface area (Å²) in [4.78, 5) is 42.2. The third-order valence-corrected chi connectivity index (χ3v) is 5.44. The van der Waals surface area contributed by atoms with Gasteiger partial charge in [-0.1, -0.05) is 6.07 Å². The number of amides is 2. The summed E-state index contributed by atoms with van der Waals surface area (Å²) in [5.41, 5.74) is 9.63. The van der Waals surface area contributed by atoms with Crippen molar-refractivity contribution in [3.8, 4) is 17.3 Å². The van der Waals surface area contributed by atoms with Crippen LogP contribution < -0.4 is 11.5 Å². The minimum Gasteiger partial charge on any atom is -0.460 e. The number of esters is 1. The van der Waals surface area contributed by atoms with Crippen LogP contribution in [0.15, 0.2) is 24.3 Å². The average Bonchev–Trinajstić information content (AvgIpc) is 3.07. The molecule has 2 heterocycles. The number of nitrogen functional groups attached to an aromatic ring is 1. The number of carbonyl (C=O) groups excluding carboxylic acids is 3. The van der Waals surface area contributed by atoms with Crippen molar-refractivity contribution in [1.82, 2.24) is 9.88 Å². The Balaban J connectivity index is 1.89. The molecule has 3 rings (SSSR count). The van der Waals surface area contributed by atoms with Crippen LogP contribution in [-0.4, -0.2) is 39.3 Å². The van der Waals surface area contributed by atoms with Crippen LogP contribution in [0.5, 0.6) is 0 Å². The molecule has 1 aromatic carbocycles. The maximum Gasteiger partial charge on any atom is 0.419 e. The number of fused-ring (bicyclic) bond motifs is 1. The van der Waals surface area contributed by atoms with Crippen LogP contribution in [0.25, 0.3) is 11.3 Å². The molecule has 0 spiro atoms. The second kappa shape index (κ2) is 9.49. The van der Waals surface area contributed by atoms with Crippen LogP contribution in [0, 0.1) is 11.3 Å². The Hall–Kier alpha value is -4.14. The third kappa shape index (κ3) is 5.56. The summed E-state index contributed by atoms with van der Waals surface area (Å²) in [5, 5.41) is 9.40. The van der Waals surface area contributed by atoms with Gasteiger partial charge in [0.15, 0.2) is 0 Å². The zero-order chi connectivity index (χ0) is 27.0. The summed E-state index contributed by atoms with van der Waals surface area (Å²) in [5.74, 6) is -2.63. The number of nitrogens with zero attached hydrogens (tertiary/aromatic N) is 3. The van der Waals surface area contributed by atoms with Crippen LogP contribution in [0.1, 0.15) is 60.7 Å². The number of halogens is 3. The van der Waals surface area contributed by atoms with E-state index in [1.165, 1.54) is 23.1 Å². The van der Waals surface area contributed by atoms with Crippen molar-refractivity contribution in [2.45, 2.75) is 58.0 Å². The molecule has 0 fully saturated rings. The molecule has 0 radical (unpaired) electrons. The lowest BCUT2D eigenvalue weighted by Crippen LogP contribution is -2.45. The molecule has 4 N–H and O–H groups in total. The SMILES string of the molecule is CC(C)(C)OC(=O)CC[C@@H](C(N)=O)N1Cc2cc(-c3nc(N)c(C(F)(F)F)cc3C#N)ccc2C1=O. The maximum absolute atomic E-state index is 13.2. The molecule has 0 aliphatic carbocycles. The van der Waals surface area contributed by atoms with Gasteiger partial charge in [-0.3, -0.25) is 14.4 Å². The highest BCUT2D eigenvalue weighted by Gasteiger charge is 2.37. The summed E-state index contributed by atoms with van der Waals surface area (Å²) < 4.78 is 44.7. The van der Waals surface area contributed by atoms with E-state index in [2.05, 4.69) is 4.98 Å². The lowest BCUT2D eigenvalue weighted by Gasteiger charge is -2.25. The van der Waals surface area contributed by atoms with Crippen molar-refractivity contribution >= 4 is 23.6 Å². The van der Waals surface area contributed by atoms with Crippen molar-refractivity contribution in [2.24, 2.45) is 5.73 Å². The number of nitriles is 1. The van der Waals surface area contributed by atoms with Gasteiger partial charge in [0.25, 0.3) is 5.91 Å². The lowest BCUT2D eigenvalue weighted by molar-refractivity contribution is -0.155. The fourth-order valence-electron chi connectivity index (χ4n) is 3.90. The van der Waals surface area contributed by atoms with Crippen molar-refractivity contribution in [1.29, 1.82) is 5.26 Å². The number of carbonyl (C=O) groups is 3. The molecule has 1 atom stereocenters. The highest BCUT2D eigenvalue weighted by molar-refractivity contribution is 6.01. The van der Waals surface area contributed by atoms with E-state index >= 15 is 0 Å². The molecule has 0 bridgehead atoms. The van der Waals surface area contributed by atoms with Gasteiger partial charge in [0.05, 0.1) is 16.8 Å². The number of alkyl halides is 3. The maximum atomic E-state index is 13.2. The normalized spacial score (nSPS) is 14.2. The number of hydrogen-bond acceptors (Lipinski definition) is 7. The van der Waals surface area contributed by atoms with Crippen LogP contribution >= 0.6 is 0 Å². The standard InChI is InChI=1S/C24H24F3N5O4/c1-23(2,3)36-18(33)7-6-17(21(30)34)32-11-14-8-12(4-5-15(14)22(32)35)19-13(10-28)9-16(20(29)31-19)24(25,26)27/h4-5,8-9,17H,6-7,11H2,1-3H3,(H2,29,31)(H2,30,34)/t17-/m0/s1. The molecule has 2 aromatic rings. The quantitative estimate of drug-likeness (QED) is 0.574. The first-order valence-corrected chi connectivity index (χ1v) is 10.9. The second-order valence-corrected chi connectivity index (χ2v) is 9.28. The van der Waals surface area contributed by atoms with Gasteiger partial charge in [-0.15, -0.1) is 0 Å². The first-order chi connectivity index (χ1) is 16.6. The highest BCUT2D eigenvalue weighted by Crippen LogP contribution is 2.37. The van der Waals surface area contributed by atoms with E-state index in [4.69, 9.17) is 16.2 Å². The molecule has 1 aromatic heterocycles. The fourth-order valence-corrected chi connectivity index (χ4v) is 3.90. The fraction of sp³-hybridized carbons (Fsp3) is 0.375. The summed E-state index contributed by atoms with van der Waals surface area (Å²) in [6.07, 6.45) is -4.97. The predicted molar refractivity (Wildman–Crippen MR) is 122 cm³/mol. The summed E-state index contributed by atoms with van der Waals surface area (Å²) in [6.45, 7) is 5.06. The van der Waals surface area contributed by atoms with Gasteiger partial charge in [0, 0.05) is 24.1 Å². The molecule has 1 aliphatic heterocycles. The average molecular weight is 503 g/mol. The van der Waals surface area contributed by atoms with Gasteiger partial charge in [-0.2, -0.15) is 18.4 Å². The Morgan fingerprint density at radius 3 is 2.47 bits per heavy atom. The number of ether oxygens (including phenoxy) is 1. The number of hydrogen-bond donors (Lipinski definition) is 2. The van der Waals surface area contributed by atoms with E-state index in [0.29, 0.717) is 11.6 Å². The third-order valence-electron chi connectivity index (χ3n) is 5.44. The van der Waals surface area contributed by atoms with Crippen molar-refractivity contribution in [2.75, 3.05) is 5.73 Å². The molecule has 190 valence electrons. The van der Waals surface area contributed by atoms with Crippen molar-refractivity contribution in [3.05, 3.63) is 46.5 Å². The van der Waals surface area contributed by atoms with Gasteiger partial charge < -0.3 is 21.1 Å². The zero-order valence-electron chi connectivity index (χ0n) is 19.8. The highest BCUT2D eigenvalue weighted by atomic mass is 19.4. The van der Waals surface area contributed by atoms with Crippen LogP contribution in [0.3, 0.4) is 0 Å². The number of benzene rings is 1. The molecule has 0 saturated carbocycles. The van der Waals surface area contributed by atoms with E-state index in [-0.39, 0.29) is 41.8 Å². The van der Waals surface area contributed by atoms with E-state index in [0.717, 1.165) is 0 Å². The molecular formula is C24H24F3N5O4. The number of anilines is 1. The topological polar surface area (TPSA) is 152 Å². The summed E-state index contributed by atoms with van der Waals surface area (Å²) >= 11 is 0. The first-order valence-electron chi connectivity index (χ1n) is 10.9. The smallest absolute Gasteiger partial charge is 0.419 e. The van der Waals surface area contributed by atoms with E-state index in [1.54, 1.807) is 26.8 Å². The molecule has 12 heteroatoms. The van der Waals surface area contributed by atoms with Crippen molar-refractivity contribution in [3.63, 3.8) is 0 Å². The molecule has 9 nitrogen and oxygen atoms in total. The summed E-state index contributed by atoms with van der Waals surface area (Å²) in [7, 11) is 0. The number of aromatic nitrogens is 1. The first kappa shape index (κ1) is 26.5. The molecule has 0 saturated heterocycles. The van der Waals surface area contributed by atoms with E-state index < -0.39 is 47.0 Å². The van der Waals surface area contributed by atoms with Crippen LogP contribution in [0.2, 0.25) is 0 Å². The Bertz CT molecular complexity index is 1280. The van der Waals surface area contributed by atoms with Gasteiger partial charge in [-0.05, 0) is 51.0 Å². The number of pyridine rings is 1. The molecular weight excluding hydrogens is 479 g/mol. The Kier molecular flexibility index (Phi) is 6.97. The van der Waals surface area contributed by atoms with Crippen LogP contribution in [0.4, 0.5) is 19.0 Å². The molecule has 2 amide bonds. The Labute approximate surface area is 204 Å². The van der Waals surface area contributed by atoms with E-state index in [1.807, 2.05) is 0 Å². The van der Waals surface area contributed by atoms with E-state index in [9.17, 15) is 32.8 Å².